The standard InChI is InChI=1S/C20H19FN4O5S/c1-28-15-8-7-12(9-16(15)29-2)19(27)22-10-18-24-25-20(30-18)31-11-17(26)23-14-6-4-3-5-13(14)21/h3-9H,10-11H2,1-2H3,(H,22,27)(H,23,26). The second-order valence-electron chi connectivity index (χ2n) is 6.03. The van der Waals surface area contributed by atoms with Crippen molar-refractivity contribution in [3.8, 4) is 11.5 Å². The number of carbonyl (C=O) groups is 2. The van der Waals surface area contributed by atoms with Gasteiger partial charge in [0.2, 0.25) is 11.8 Å². The van der Waals surface area contributed by atoms with Gasteiger partial charge in [0, 0.05) is 5.56 Å². The van der Waals surface area contributed by atoms with E-state index in [1.807, 2.05) is 0 Å². The predicted molar refractivity (Wildman–Crippen MR) is 111 cm³/mol. The van der Waals surface area contributed by atoms with E-state index >= 15 is 0 Å². The summed E-state index contributed by atoms with van der Waals surface area (Å²) < 4.78 is 29.3. The zero-order valence-electron chi connectivity index (χ0n) is 16.7. The van der Waals surface area contributed by atoms with E-state index in [-0.39, 0.29) is 35.0 Å². The second kappa shape index (κ2) is 10.4. The van der Waals surface area contributed by atoms with Crippen LogP contribution < -0.4 is 20.1 Å². The van der Waals surface area contributed by atoms with E-state index in [9.17, 15) is 14.0 Å². The second-order valence-corrected chi connectivity index (χ2v) is 6.96. The molecular weight excluding hydrogens is 427 g/mol. The first kappa shape index (κ1) is 22.1. The predicted octanol–water partition coefficient (Wildman–Crippen LogP) is 2.89. The number of benzene rings is 2. The average Bonchev–Trinajstić information content (AvgIpc) is 3.25. The van der Waals surface area contributed by atoms with Crippen molar-refractivity contribution >= 4 is 29.3 Å². The fraction of sp³-hybridized carbons (Fsp3) is 0.200. The molecule has 0 fully saturated rings. The molecule has 31 heavy (non-hydrogen) atoms. The van der Waals surface area contributed by atoms with E-state index in [2.05, 4.69) is 20.8 Å². The molecule has 2 aromatic carbocycles. The van der Waals surface area contributed by atoms with E-state index in [1.54, 1.807) is 24.3 Å². The van der Waals surface area contributed by atoms with Crippen LogP contribution >= 0.6 is 11.8 Å². The van der Waals surface area contributed by atoms with Crippen LogP contribution in [0.3, 0.4) is 0 Å². The molecular formula is C20H19FN4O5S. The van der Waals surface area contributed by atoms with Crippen molar-refractivity contribution in [1.82, 2.24) is 15.5 Å². The number of rotatable bonds is 9. The summed E-state index contributed by atoms with van der Waals surface area (Å²) in [6.07, 6.45) is 0. The lowest BCUT2D eigenvalue weighted by Crippen LogP contribution is -2.23. The Hall–Kier alpha value is -3.60. The van der Waals surface area contributed by atoms with Crippen LogP contribution in [0, 0.1) is 5.82 Å². The van der Waals surface area contributed by atoms with Crippen LogP contribution in [0.1, 0.15) is 16.2 Å². The number of ether oxygens (including phenoxy) is 2. The summed E-state index contributed by atoms with van der Waals surface area (Å²) in [5, 5.41) is 12.9. The molecule has 0 bridgehead atoms. The number of nitrogens with zero attached hydrogens (tertiary/aromatic N) is 2. The van der Waals surface area contributed by atoms with E-state index in [0.29, 0.717) is 17.1 Å². The van der Waals surface area contributed by atoms with Gasteiger partial charge in [0.05, 0.1) is 32.2 Å². The summed E-state index contributed by atoms with van der Waals surface area (Å²) in [5.41, 5.74) is 0.466. The van der Waals surface area contributed by atoms with Gasteiger partial charge >= 0.3 is 0 Å². The van der Waals surface area contributed by atoms with Gasteiger partial charge < -0.3 is 24.5 Å². The molecule has 0 unspecified atom stereocenters. The molecule has 9 nitrogen and oxygen atoms in total. The van der Waals surface area contributed by atoms with E-state index in [1.165, 1.54) is 32.4 Å². The van der Waals surface area contributed by atoms with Crippen molar-refractivity contribution < 1.29 is 27.9 Å². The number of nitrogens with one attached hydrogen (secondary N) is 2. The summed E-state index contributed by atoms with van der Waals surface area (Å²) in [6.45, 7) is 0.00214. The lowest BCUT2D eigenvalue weighted by molar-refractivity contribution is -0.113. The Balaban J connectivity index is 1.49. The minimum absolute atomic E-state index is 0.00214. The highest BCUT2D eigenvalue weighted by Gasteiger charge is 2.14. The van der Waals surface area contributed by atoms with Gasteiger partial charge in [-0.25, -0.2) is 4.39 Å². The molecule has 162 valence electrons. The van der Waals surface area contributed by atoms with E-state index in [0.717, 1.165) is 11.8 Å². The number of aromatic nitrogens is 2. The van der Waals surface area contributed by atoms with Crippen molar-refractivity contribution in [3.05, 3.63) is 59.7 Å². The highest BCUT2D eigenvalue weighted by atomic mass is 32.2. The topological polar surface area (TPSA) is 116 Å². The van der Waals surface area contributed by atoms with Gasteiger partial charge in [-0.2, -0.15) is 0 Å². The van der Waals surface area contributed by atoms with E-state index in [4.69, 9.17) is 13.9 Å². The maximum atomic E-state index is 13.6. The third-order valence-electron chi connectivity index (χ3n) is 3.97. The number of amides is 2. The molecule has 0 saturated heterocycles. The number of para-hydroxylation sites is 1. The third-order valence-corrected chi connectivity index (χ3v) is 4.79. The van der Waals surface area contributed by atoms with Gasteiger partial charge in [-0.15, -0.1) is 10.2 Å². The maximum absolute atomic E-state index is 13.6. The lowest BCUT2D eigenvalue weighted by Gasteiger charge is -2.09. The summed E-state index contributed by atoms with van der Waals surface area (Å²) in [6, 6.07) is 10.6. The van der Waals surface area contributed by atoms with Crippen molar-refractivity contribution in [2.75, 3.05) is 25.3 Å². The summed E-state index contributed by atoms with van der Waals surface area (Å²) in [4.78, 5) is 24.3. The van der Waals surface area contributed by atoms with Gasteiger partial charge in [0.1, 0.15) is 5.82 Å². The molecule has 0 spiro atoms. The molecule has 11 heteroatoms. The first-order valence-electron chi connectivity index (χ1n) is 9.00. The molecule has 0 atom stereocenters. The van der Waals surface area contributed by atoms with E-state index < -0.39 is 11.7 Å². The minimum atomic E-state index is -0.522. The first-order valence-corrected chi connectivity index (χ1v) is 9.98. The number of methoxy groups -OCH3 is 2. The van der Waals surface area contributed by atoms with Crippen LogP contribution in [0.5, 0.6) is 11.5 Å². The van der Waals surface area contributed by atoms with Crippen molar-refractivity contribution in [2.24, 2.45) is 0 Å². The lowest BCUT2D eigenvalue weighted by atomic mass is 10.2. The highest BCUT2D eigenvalue weighted by molar-refractivity contribution is 7.99. The normalized spacial score (nSPS) is 10.4. The fourth-order valence-electron chi connectivity index (χ4n) is 2.48. The zero-order chi connectivity index (χ0) is 22.2. The Bertz CT molecular complexity index is 1080. The van der Waals surface area contributed by atoms with Gasteiger partial charge in [-0.3, -0.25) is 9.59 Å². The highest BCUT2D eigenvalue weighted by Crippen LogP contribution is 2.27. The van der Waals surface area contributed by atoms with Crippen LogP contribution in [-0.2, 0) is 11.3 Å². The molecule has 1 aromatic heterocycles. The summed E-state index contributed by atoms with van der Waals surface area (Å²) >= 11 is 0.996. The molecule has 3 rings (SSSR count). The molecule has 1 heterocycles. The number of carbonyl (C=O) groups excluding carboxylic acids is 2. The smallest absolute Gasteiger partial charge is 0.277 e. The average molecular weight is 446 g/mol. The number of halogens is 1. The van der Waals surface area contributed by atoms with Gasteiger partial charge in [0.15, 0.2) is 11.5 Å². The zero-order valence-corrected chi connectivity index (χ0v) is 17.5. The quantitative estimate of drug-likeness (QED) is 0.482. The first-order chi connectivity index (χ1) is 15.0. The largest absolute Gasteiger partial charge is 0.493 e. The maximum Gasteiger partial charge on any atom is 0.277 e. The Morgan fingerprint density at radius 1 is 1.10 bits per heavy atom. The SMILES string of the molecule is COc1ccc(C(=O)NCc2nnc(SCC(=O)Nc3ccccc3F)o2)cc1OC. The van der Waals surface area contributed by atoms with Crippen LogP contribution in [0.2, 0.25) is 0 Å². The van der Waals surface area contributed by atoms with Gasteiger partial charge in [0.25, 0.3) is 11.1 Å². The minimum Gasteiger partial charge on any atom is -0.493 e. The number of hydrogen-bond acceptors (Lipinski definition) is 8. The Labute approximate surface area is 181 Å². The van der Waals surface area contributed by atoms with Gasteiger partial charge in [-0.1, -0.05) is 23.9 Å². The van der Waals surface area contributed by atoms with Crippen LogP contribution in [0.4, 0.5) is 10.1 Å². The van der Waals surface area contributed by atoms with Crippen molar-refractivity contribution in [3.63, 3.8) is 0 Å². The van der Waals surface area contributed by atoms with Crippen molar-refractivity contribution in [1.29, 1.82) is 0 Å². The number of thioether (sulfide) groups is 1. The Morgan fingerprint density at radius 2 is 1.87 bits per heavy atom. The Morgan fingerprint density at radius 3 is 2.61 bits per heavy atom. The summed E-state index contributed by atoms with van der Waals surface area (Å²) in [7, 11) is 2.99. The molecule has 2 N–H and O–H groups in total. The fourth-order valence-corrected chi connectivity index (χ4v) is 3.06. The van der Waals surface area contributed by atoms with Crippen LogP contribution in [-0.4, -0.2) is 42.0 Å². The van der Waals surface area contributed by atoms with Crippen LogP contribution in [0.15, 0.2) is 52.1 Å². The number of anilines is 1. The summed E-state index contributed by atoms with van der Waals surface area (Å²) in [5.74, 6) is -0.239. The molecule has 0 aliphatic carbocycles. The van der Waals surface area contributed by atoms with Crippen LogP contribution in [0.25, 0.3) is 0 Å². The van der Waals surface area contributed by atoms with Crippen molar-refractivity contribution in [2.45, 2.75) is 11.8 Å². The molecule has 0 radical (unpaired) electrons. The number of hydrogen-bond donors (Lipinski definition) is 2. The van der Waals surface area contributed by atoms with Gasteiger partial charge in [-0.05, 0) is 30.3 Å². The monoisotopic (exact) mass is 446 g/mol. The molecule has 3 aromatic rings. The Kier molecular flexibility index (Phi) is 7.44. The molecule has 2 amide bonds. The molecule has 0 aliphatic rings. The third kappa shape index (κ3) is 5.95. The molecule has 0 saturated carbocycles. The molecule has 0 aliphatic heterocycles.